The second-order valence-electron chi connectivity index (χ2n) is 9.42. The van der Waals surface area contributed by atoms with Crippen molar-refractivity contribution in [1.82, 2.24) is 29.8 Å². The third-order valence-corrected chi connectivity index (χ3v) is 6.97. The molecule has 2 atom stereocenters. The second kappa shape index (κ2) is 8.44. The molecule has 1 saturated heterocycles. The predicted molar refractivity (Wildman–Crippen MR) is 126 cm³/mol. The molecule has 2 N–H and O–H groups in total. The smallest absolute Gasteiger partial charge is 0.413 e. The standard InChI is InChI=1S/C25H23F3N6O2/c26-25(27,28)22(34(24(35)36)18-9-10-29-12-18)17-6-8-21-31-32-23(33(21)13-17)19-7-5-15-3-4-16(14-1-2-14)11-20(15)30-19/h3-8,11,13-14,18,22,29H,1-2,9-10,12H2,(H,35,36)/t18?,22-/m0/s1. The van der Waals surface area contributed by atoms with E-state index in [1.807, 2.05) is 18.2 Å². The van der Waals surface area contributed by atoms with Crippen LogP contribution in [0.25, 0.3) is 28.1 Å². The lowest BCUT2D eigenvalue weighted by atomic mass is 10.0. The summed E-state index contributed by atoms with van der Waals surface area (Å²) in [5.41, 5.74) is 2.61. The maximum atomic E-state index is 14.3. The lowest BCUT2D eigenvalue weighted by Gasteiger charge is -2.35. The Morgan fingerprint density at radius 1 is 1.11 bits per heavy atom. The molecular formula is C25H23F3N6O2. The Kier molecular flexibility index (Phi) is 5.32. The van der Waals surface area contributed by atoms with Gasteiger partial charge < -0.3 is 10.4 Å². The van der Waals surface area contributed by atoms with E-state index in [-0.39, 0.29) is 17.9 Å². The molecule has 3 aromatic heterocycles. The van der Waals surface area contributed by atoms with Crippen LogP contribution in [0.3, 0.4) is 0 Å². The van der Waals surface area contributed by atoms with Gasteiger partial charge in [-0.3, -0.25) is 9.30 Å². The van der Waals surface area contributed by atoms with E-state index in [1.54, 1.807) is 6.07 Å². The van der Waals surface area contributed by atoms with Crippen LogP contribution >= 0.6 is 0 Å². The minimum Gasteiger partial charge on any atom is -0.465 e. The van der Waals surface area contributed by atoms with E-state index in [4.69, 9.17) is 4.98 Å². The van der Waals surface area contributed by atoms with Crippen LogP contribution in [0.5, 0.6) is 0 Å². The fourth-order valence-electron chi connectivity index (χ4n) is 5.03. The number of rotatable bonds is 5. The molecule has 1 saturated carbocycles. The maximum absolute atomic E-state index is 14.3. The summed E-state index contributed by atoms with van der Waals surface area (Å²) in [5, 5.41) is 22.0. The summed E-state index contributed by atoms with van der Waals surface area (Å²) in [4.78, 5) is 17.3. The van der Waals surface area contributed by atoms with Gasteiger partial charge in [-0.2, -0.15) is 13.2 Å². The number of alkyl halides is 3. The molecule has 11 heteroatoms. The van der Waals surface area contributed by atoms with Crippen molar-refractivity contribution in [2.45, 2.75) is 43.4 Å². The number of pyridine rings is 2. The highest BCUT2D eigenvalue weighted by atomic mass is 19.4. The van der Waals surface area contributed by atoms with Crippen LogP contribution in [0.15, 0.2) is 48.7 Å². The second-order valence-corrected chi connectivity index (χ2v) is 9.42. The van der Waals surface area contributed by atoms with E-state index < -0.39 is 24.4 Å². The molecule has 4 heterocycles. The highest BCUT2D eigenvalue weighted by Crippen LogP contribution is 2.41. The van der Waals surface area contributed by atoms with Crippen molar-refractivity contribution < 1.29 is 23.1 Å². The van der Waals surface area contributed by atoms with Crippen LogP contribution in [0.2, 0.25) is 0 Å². The number of nitrogens with zero attached hydrogens (tertiary/aromatic N) is 5. The first-order chi connectivity index (χ1) is 17.3. The van der Waals surface area contributed by atoms with Gasteiger partial charge in [-0.25, -0.2) is 9.78 Å². The Labute approximate surface area is 203 Å². The van der Waals surface area contributed by atoms with E-state index in [0.29, 0.717) is 35.1 Å². The lowest BCUT2D eigenvalue weighted by molar-refractivity contribution is -0.185. The van der Waals surface area contributed by atoms with Crippen molar-refractivity contribution in [2.24, 2.45) is 0 Å². The van der Waals surface area contributed by atoms with Crippen LogP contribution < -0.4 is 5.32 Å². The molecule has 36 heavy (non-hydrogen) atoms. The van der Waals surface area contributed by atoms with Gasteiger partial charge in [0.15, 0.2) is 17.5 Å². The van der Waals surface area contributed by atoms with Gasteiger partial charge in [0.2, 0.25) is 0 Å². The Hall–Kier alpha value is -3.73. The SMILES string of the molecule is O=C(O)N(C1CCNC1)[C@@H](c1ccc2nnc(-c3ccc4ccc(C5CC5)cc4n3)n2c1)C(F)(F)F. The van der Waals surface area contributed by atoms with Gasteiger partial charge in [0.25, 0.3) is 0 Å². The summed E-state index contributed by atoms with van der Waals surface area (Å²) in [5.74, 6) is 0.846. The molecule has 1 aliphatic carbocycles. The molecule has 0 radical (unpaired) electrons. The van der Waals surface area contributed by atoms with Crippen molar-refractivity contribution in [2.75, 3.05) is 13.1 Å². The van der Waals surface area contributed by atoms with Gasteiger partial charge in [0.05, 0.1) is 5.52 Å². The minimum absolute atomic E-state index is 0.170. The molecule has 1 aromatic carbocycles. The van der Waals surface area contributed by atoms with E-state index in [0.717, 1.165) is 23.7 Å². The molecule has 2 fully saturated rings. The summed E-state index contributed by atoms with van der Waals surface area (Å²) in [7, 11) is 0. The van der Waals surface area contributed by atoms with Gasteiger partial charge >= 0.3 is 12.3 Å². The first-order valence-electron chi connectivity index (χ1n) is 11.8. The van der Waals surface area contributed by atoms with Crippen LogP contribution in [0.1, 0.15) is 42.3 Å². The van der Waals surface area contributed by atoms with E-state index in [9.17, 15) is 23.1 Å². The number of hydrogen-bond donors (Lipinski definition) is 2. The van der Waals surface area contributed by atoms with Gasteiger partial charge in [0.1, 0.15) is 5.69 Å². The normalized spacial score (nSPS) is 19.1. The monoisotopic (exact) mass is 496 g/mol. The minimum atomic E-state index is -4.82. The van der Waals surface area contributed by atoms with Gasteiger partial charge in [-0.1, -0.05) is 24.3 Å². The van der Waals surface area contributed by atoms with Crippen LogP contribution in [-0.2, 0) is 0 Å². The summed E-state index contributed by atoms with van der Waals surface area (Å²) in [6.07, 6.45) is -2.53. The van der Waals surface area contributed by atoms with Crippen molar-refractivity contribution in [1.29, 1.82) is 0 Å². The number of benzene rings is 1. The number of nitrogens with one attached hydrogen (secondary N) is 1. The molecule has 1 amide bonds. The molecule has 2 aliphatic rings. The van der Waals surface area contributed by atoms with Crippen molar-refractivity contribution in [3.05, 3.63) is 59.8 Å². The predicted octanol–water partition coefficient (Wildman–Crippen LogP) is 4.77. The van der Waals surface area contributed by atoms with E-state index in [2.05, 4.69) is 21.6 Å². The van der Waals surface area contributed by atoms with Crippen molar-refractivity contribution in [3.63, 3.8) is 0 Å². The molecule has 1 unspecified atom stereocenters. The highest BCUT2D eigenvalue weighted by molar-refractivity contribution is 5.82. The summed E-state index contributed by atoms with van der Waals surface area (Å²) in [6.45, 7) is 0.632. The molecule has 1 aliphatic heterocycles. The number of fused-ring (bicyclic) bond motifs is 2. The number of halogens is 3. The average molecular weight is 496 g/mol. The van der Waals surface area contributed by atoms with Crippen LogP contribution in [-0.4, -0.2) is 61.0 Å². The fourth-order valence-corrected chi connectivity index (χ4v) is 5.03. The zero-order valence-corrected chi connectivity index (χ0v) is 19.1. The molecule has 8 nitrogen and oxygen atoms in total. The van der Waals surface area contributed by atoms with Gasteiger partial charge in [-0.15, -0.1) is 10.2 Å². The molecular weight excluding hydrogens is 473 g/mol. The van der Waals surface area contributed by atoms with E-state index in [1.165, 1.54) is 28.3 Å². The van der Waals surface area contributed by atoms with Crippen molar-refractivity contribution in [3.8, 4) is 11.5 Å². The zero-order chi connectivity index (χ0) is 25.0. The first-order valence-corrected chi connectivity index (χ1v) is 11.8. The summed E-state index contributed by atoms with van der Waals surface area (Å²) >= 11 is 0. The lowest BCUT2D eigenvalue weighted by Crippen LogP contribution is -2.48. The van der Waals surface area contributed by atoms with Gasteiger partial charge in [0, 0.05) is 29.7 Å². The Morgan fingerprint density at radius 3 is 2.61 bits per heavy atom. The average Bonchev–Trinajstić information content (AvgIpc) is 3.39. The Balaban J connectivity index is 1.44. The molecule has 4 aromatic rings. The number of hydrogen-bond acceptors (Lipinski definition) is 5. The third kappa shape index (κ3) is 4.02. The number of carboxylic acid groups (broad SMARTS) is 1. The molecule has 6 rings (SSSR count). The largest absolute Gasteiger partial charge is 0.465 e. The fraction of sp³-hybridized carbons (Fsp3) is 0.360. The first kappa shape index (κ1) is 22.7. The Bertz CT molecular complexity index is 1460. The van der Waals surface area contributed by atoms with Gasteiger partial charge in [-0.05, 0) is 55.5 Å². The summed E-state index contributed by atoms with van der Waals surface area (Å²) < 4.78 is 44.4. The van der Waals surface area contributed by atoms with Crippen LogP contribution in [0, 0.1) is 0 Å². The third-order valence-electron chi connectivity index (χ3n) is 6.97. The molecule has 0 bridgehead atoms. The zero-order valence-electron chi connectivity index (χ0n) is 19.1. The molecule has 186 valence electrons. The maximum Gasteiger partial charge on any atom is 0.413 e. The van der Waals surface area contributed by atoms with Crippen molar-refractivity contribution >= 4 is 22.6 Å². The van der Waals surface area contributed by atoms with Crippen LogP contribution in [0.4, 0.5) is 18.0 Å². The highest BCUT2D eigenvalue weighted by Gasteiger charge is 2.49. The topological polar surface area (TPSA) is 95.7 Å². The number of carbonyl (C=O) groups is 1. The van der Waals surface area contributed by atoms with E-state index >= 15 is 0 Å². The summed E-state index contributed by atoms with van der Waals surface area (Å²) in [6, 6.07) is 9.40. The molecule has 0 spiro atoms. The quantitative estimate of drug-likeness (QED) is 0.413. The Morgan fingerprint density at radius 2 is 1.92 bits per heavy atom. The number of amides is 1. The number of aromatic nitrogens is 4.